The molecule has 0 saturated carbocycles. The van der Waals surface area contributed by atoms with Gasteiger partial charge >= 0.3 is 0 Å². The maximum absolute atomic E-state index is 12.2. The highest BCUT2D eigenvalue weighted by Gasteiger charge is 2.18. The lowest BCUT2D eigenvalue weighted by Gasteiger charge is -2.29. The number of aromatic nitrogens is 2. The number of piperidine rings is 1. The van der Waals surface area contributed by atoms with Gasteiger partial charge in [0, 0.05) is 30.7 Å². The number of hydrogen-bond acceptors (Lipinski definition) is 3. The monoisotopic (exact) mass is 309 g/mol. The summed E-state index contributed by atoms with van der Waals surface area (Å²) in [4.78, 5) is 19.1. The molecule has 20 heavy (non-hydrogen) atoms. The van der Waals surface area contributed by atoms with E-state index in [2.05, 4.69) is 11.9 Å². The Morgan fingerprint density at radius 1 is 1.50 bits per heavy atom. The molecule has 4 nitrogen and oxygen atoms in total. The number of carbonyl (C=O) groups is 1. The first-order chi connectivity index (χ1) is 9.65. The Kier molecular flexibility index (Phi) is 3.81. The van der Waals surface area contributed by atoms with E-state index in [1.54, 1.807) is 12.2 Å². The first kappa shape index (κ1) is 13.6. The lowest BCUT2D eigenvalue weighted by molar-refractivity contribution is -0.127. The zero-order valence-electron chi connectivity index (χ0n) is 11.3. The van der Waals surface area contributed by atoms with E-state index in [1.807, 2.05) is 20.9 Å². The molecule has 1 aliphatic heterocycles. The predicted molar refractivity (Wildman–Crippen MR) is 82.1 cm³/mol. The third kappa shape index (κ3) is 2.60. The second kappa shape index (κ2) is 5.58. The van der Waals surface area contributed by atoms with E-state index in [9.17, 15) is 4.79 Å². The van der Waals surface area contributed by atoms with Crippen molar-refractivity contribution in [2.75, 3.05) is 13.1 Å². The van der Waals surface area contributed by atoms with Crippen molar-refractivity contribution in [3.63, 3.8) is 0 Å². The molecule has 1 amide bonds. The number of hydrogen-bond donors (Lipinski definition) is 0. The van der Waals surface area contributed by atoms with Gasteiger partial charge in [0.2, 0.25) is 5.91 Å². The highest BCUT2D eigenvalue weighted by atomic mass is 35.5. The number of likely N-dealkylation sites (tertiary alicyclic amines) is 1. The van der Waals surface area contributed by atoms with Gasteiger partial charge in [0.15, 0.2) is 10.1 Å². The van der Waals surface area contributed by atoms with E-state index < -0.39 is 0 Å². The SMILES string of the molecule is CC1CCN(C(=O)C=Cc2c(Cl)nc3sccn23)CC1. The van der Waals surface area contributed by atoms with Crippen molar-refractivity contribution in [2.45, 2.75) is 19.8 Å². The number of thiazole rings is 1. The molecule has 0 aliphatic carbocycles. The summed E-state index contributed by atoms with van der Waals surface area (Å²) in [6, 6.07) is 0. The highest BCUT2D eigenvalue weighted by molar-refractivity contribution is 7.15. The van der Waals surface area contributed by atoms with Gasteiger partial charge in [-0.1, -0.05) is 18.5 Å². The number of fused-ring (bicyclic) bond motifs is 1. The Morgan fingerprint density at radius 3 is 3.00 bits per heavy atom. The van der Waals surface area contributed by atoms with Crippen LogP contribution in [-0.2, 0) is 4.79 Å². The molecule has 1 fully saturated rings. The lowest BCUT2D eigenvalue weighted by Crippen LogP contribution is -2.36. The van der Waals surface area contributed by atoms with E-state index in [1.165, 1.54) is 11.3 Å². The molecule has 106 valence electrons. The van der Waals surface area contributed by atoms with Crippen molar-refractivity contribution in [1.29, 1.82) is 0 Å². The maximum atomic E-state index is 12.2. The van der Waals surface area contributed by atoms with Crippen LogP contribution in [0.15, 0.2) is 17.7 Å². The van der Waals surface area contributed by atoms with Gasteiger partial charge < -0.3 is 4.90 Å². The Balaban J connectivity index is 1.75. The number of carbonyl (C=O) groups excluding carboxylic acids is 1. The van der Waals surface area contributed by atoms with Crippen LogP contribution in [0.4, 0.5) is 0 Å². The third-order valence-electron chi connectivity index (χ3n) is 3.73. The molecule has 0 N–H and O–H groups in total. The summed E-state index contributed by atoms with van der Waals surface area (Å²) in [6.45, 7) is 3.92. The molecular formula is C14H16ClN3OS. The van der Waals surface area contributed by atoms with Crippen LogP contribution in [0.2, 0.25) is 5.15 Å². The summed E-state index contributed by atoms with van der Waals surface area (Å²) in [7, 11) is 0. The molecule has 0 spiro atoms. The van der Waals surface area contributed by atoms with Crippen LogP contribution < -0.4 is 0 Å². The number of imidazole rings is 1. The van der Waals surface area contributed by atoms with Gasteiger partial charge in [0.25, 0.3) is 0 Å². The highest BCUT2D eigenvalue weighted by Crippen LogP contribution is 2.22. The van der Waals surface area contributed by atoms with E-state index in [0.717, 1.165) is 42.5 Å². The molecule has 1 aliphatic rings. The number of halogens is 1. The Bertz CT molecular complexity index is 652. The van der Waals surface area contributed by atoms with E-state index >= 15 is 0 Å². The Labute approximate surface area is 126 Å². The summed E-state index contributed by atoms with van der Waals surface area (Å²) in [6.07, 6.45) is 7.44. The van der Waals surface area contributed by atoms with Gasteiger partial charge in [-0.2, -0.15) is 0 Å². The minimum absolute atomic E-state index is 0.0538. The molecule has 0 aromatic carbocycles. The largest absolute Gasteiger partial charge is 0.339 e. The minimum Gasteiger partial charge on any atom is -0.339 e. The molecular weight excluding hydrogens is 294 g/mol. The fourth-order valence-electron chi connectivity index (χ4n) is 2.41. The smallest absolute Gasteiger partial charge is 0.246 e. The van der Waals surface area contributed by atoms with Crippen molar-refractivity contribution >= 4 is 39.9 Å². The quantitative estimate of drug-likeness (QED) is 0.798. The van der Waals surface area contributed by atoms with Gasteiger partial charge in [-0.3, -0.25) is 9.20 Å². The van der Waals surface area contributed by atoms with Crippen LogP contribution in [0.25, 0.3) is 11.0 Å². The van der Waals surface area contributed by atoms with Crippen molar-refractivity contribution in [3.8, 4) is 0 Å². The fraction of sp³-hybridized carbons (Fsp3) is 0.429. The average molecular weight is 310 g/mol. The fourth-order valence-corrected chi connectivity index (χ4v) is 3.42. The van der Waals surface area contributed by atoms with Crippen LogP contribution in [0.1, 0.15) is 25.5 Å². The number of rotatable bonds is 2. The third-order valence-corrected chi connectivity index (χ3v) is 4.77. The van der Waals surface area contributed by atoms with Gasteiger partial charge in [0.1, 0.15) is 0 Å². The second-order valence-corrected chi connectivity index (χ2v) is 6.42. The summed E-state index contributed by atoms with van der Waals surface area (Å²) in [5.41, 5.74) is 0.765. The van der Waals surface area contributed by atoms with Gasteiger partial charge in [-0.05, 0) is 24.8 Å². The van der Waals surface area contributed by atoms with Gasteiger partial charge in [-0.25, -0.2) is 4.98 Å². The Morgan fingerprint density at radius 2 is 2.25 bits per heavy atom. The first-order valence-electron chi connectivity index (χ1n) is 6.73. The molecule has 0 unspecified atom stereocenters. The summed E-state index contributed by atoms with van der Waals surface area (Å²) in [5, 5.41) is 2.39. The summed E-state index contributed by atoms with van der Waals surface area (Å²) >= 11 is 7.62. The molecule has 6 heteroatoms. The van der Waals surface area contributed by atoms with Crippen LogP contribution in [0, 0.1) is 5.92 Å². The number of nitrogens with zero attached hydrogens (tertiary/aromatic N) is 3. The molecule has 3 heterocycles. The molecule has 2 aromatic rings. The van der Waals surface area contributed by atoms with E-state index in [0.29, 0.717) is 5.15 Å². The minimum atomic E-state index is 0.0538. The van der Waals surface area contributed by atoms with Crippen LogP contribution in [0.5, 0.6) is 0 Å². The van der Waals surface area contributed by atoms with Crippen molar-refractivity contribution in [3.05, 3.63) is 28.5 Å². The standard InChI is InChI=1S/C14H16ClN3OS/c1-10-4-6-17(7-5-10)12(19)3-2-11-13(15)16-14-18(11)8-9-20-14/h2-3,8-10H,4-7H2,1H3. The average Bonchev–Trinajstić information content (AvgIpc) is 2.98. The van der Waals surface area contributed by atoms with Crippen LogP contribution >= 0.6 is 22.9 Å². The Hall–Kier alpha value is -1.33. The maximum Gasteiger partial charge on any atom is 0.246 e. The van der Waals surface area contributed by atoms with Crippen molar-refractivity contribution in [2.24, 2.45) is 5.92 Å². The predicted octanol–water partition coefficient (Wildman–Crippen LogP) is 3.32. The van der Waals surface area contributed by atoms with Crippen LogP contribution in [0.3, 0.4) is 0 Å². The van der Waals surface area contributed by atoms with E-state index in [4.69, 9.17) is 11.6 Å². The lowest BCUT2D eigenvalue weighted by atomic mass is 9.99. The molecule has 2 aromatic heterocycles. The summed E-state index contributed by atoms with van der Waals surface area (Å²) in [5.74, 6) is 0.774. The normalized spacial score (nSPS) is 17.4. The second-order valence-electron chi connectivity index (χ2n) is 5.18. The summed E-state index contributed by atoms with van der Waals surface area (Å²) < 4.78 is 1.90. The molecule has 0 bridgehead atoms. The first-order valence-corrected chi connectivity index (χ1v) is 7.99. The van der Waals surface area contributed by atoms with E-state index in [-0.39, 0.29) is 5.91 Å². The number of amides is 1. The zero-order chi connectivity index (χ0) is 14.1. The van der Waals surface area contributed by atoms with Gasteiger partial charge in [-0.15, -0.1) is 11.3 Å². The molecule has 0 atom stereocenters. The zero-order valence-corrected chi connectivity index (χ0v) is 12.8. The van der Waals surface area contributed by atoms with Crippen molar-refractivity contribution < 1.29 is 4.79 Å². The van der Waals surface area contributed by atoms with Crippen LogP contribution in [-0.4, -0.2) is 33.3 Å². The topological polar surface area (TPSA) is 37.6 Å². The molecule has 0 radical (unpaired) electrons. The molecule has 1 saturated heterocycles. The van der Waals surface area contributed by atoms with Gasteiger partial charge in [0.05, 0.1) is 5.69 Å². The molecule has 3 rings (SSSR count). The van der Waals surface area contributed by atoms with Crippen molar-refractivity contribution in [1.82, 2.24) is 14.3 Å².